The lowest BCUT2D eigenvalue weighted by Gasteiger charge is -2.19. The summed E-state index contributed by atoms with van der Waals surface area (Å²) in [5.41, 5.74) is 9.47. The van der Waals surface area contributed by atoms with Crippen LogP contribution < -0.4 is 15.8 Å². The van der Waals surface area contributed by atoms with Crippen LogP contribution in [0.4, 0.5) is 0 Å². The zero-order valence-electron chi connectivity index (χ0n) is 21.2. The molecule has 9 nitrogen and oxygen atoms in total. The number of primary amides is 1. The van der Waals surface area contributed by atoms with Gasteiger partial charge in [-0.15, -0.1) is 0 Å². The van der Waals surface area contributed by atoms with Crippen molar-refractivity contribution in [2.24, 2.45) is 5.73 Å². The highest BCUT2D eigenvalue weighted by atomic mass is 16.5. The van der Waals surface area contributed by atoms with E-state index in [2.05, 4.69) is 16.4 Å². The first-order valence-corrected chi connectivity index (χ1v) is 12.3. The van der Waals surface area contributed by atoms with Gasteiger partial charge in [0, 0.05) is 36.2 Å². The molecule has 38 heavy (non-hydrogen) atoms. The second-order valence-electron chi connectivity index (χ2n) is 9.22. The van der Waals surface area contributed by atoms with E-state index in [0.717, 1.165) is 11.1 Å². The van der Waals surface area contributed by atoms with Crippen LogP contribution in [-0.4, -0.2) is 45.1 Å². The highest BCUT2D eigenvalue weighted by Crippen LogP contribution is 2.23. The maximum absolute atomic E-state index is 12.9. The molecule has 0 aliphatic rings. The number of fused-ring (bicyclic) bond motifs is 1. The lowest BCUT2D eigenvalue weighted by Crippen LogP contribution is -2.37. The fourth-order valence-electron chi connectivity index (χ4n) is 4.21. The topological polar surface area (TPSA) is 143 Å². The summed E-state index contributed by atoms with van der Waals surface area (Å²) >= 11 is 0. The maximum Gasteiger partial charge on any atom is 0.252 e. The number of amides is 2. The Labute approximate surface area is 220 Å². The van der Waals surface area contributed by atoms with E-state index in [9.17, 15) is 20.0 Å². The second kappa shape index (κ2) is 11.6. The number of imidazole rings is 1. The monoisotopic (exact) mass is 511 g/mol. The largest absolute Gasteiger partial charge is 0.490 e. The molecule has 0 aliphatic heterocycles. The molecule has 194 valence electrons. The molecule has 4 N–H and O–H groups in total. The van der Waals surface area contributed by atoms with E-state index >= 15 is 0 Å². The minimum Gasteiger partial charge on any atom is -0.490 e. The van der Waals surface area contributed by atoms with Crippen LogP contribution in [0.25, 0.3) is 16.9 Å². The number of hydrogen-bond donors (Lipinski definition) is 3. The summed E-state index contributed by atoms with van der Waals surface area (Å²) in [6, 6.07) is 17.6. The minimum absolute atomic E-state index is 0.0862. The molecule has 4 aromatic rings. The van der Waals surface area contributed by atoms with Crippen molar-refractivity contribution < 1.29 is 19.4 Å². The Morgan fingerprint density at radius 2 is 1.95 bits per heavy atom. The van der Waals surface area contributed by atoms with E-state index < -0.39 is 5.91 Å². The first-order chi connectivity index (χ1) is 18.3. The van der Waals surface area contributed by atoms with Crippen LogP contribution in [-0.2, 0) is 6.42 Å². The maximum atomic E-state index is 12.9. The summed E-state index contributed by atoms with van der Waals surface area (Å²) in [4.78, 5) is 29.2. The summed E-state index contributed by atoms with van der Waals surface area (Å²) < 4.78 is 7.39. The Hall–Kier alpha value is -4.68. The van der Waals surface area contributed by atoms with E-state index in [4.69, 9.17) is 10.5 Å². The molecule has 0 bridgehead atoms. The third-order valence-electron chi connectivity index (χ3n) is 6.02. The fourth-order valence-corrected chi connectivity index (χ4v) is 4.21. The van der Waals surface area contributed by atoms with Gasteiger partial charge in [0.25, 0.3) is 11.8 Å². The zero-order valence-corrected chi connectivity index (χ0v) is 21.2. The Balaban J connectivity index is 1.48. The SMILES string of the molecule is CC(C)Oc1ccc(C(=O)N[C@H](CCO)Cc2ccc(-c3cn4cccc(C(N)=O)c4n3)cc2)cc1C#N. The van der Waals surface area contributed by atoms with Crippen LogP contribution in [0.5, 0.6) is 5.75 Å². The van der Waals surface area contributed by atoms with E-state index in [1.54, 1.807) is 34.9 Å². The molecule has 0 saturated carbocycles. The number of carbonyl (C=O) groups is 2. The van der Waals surface area contributed by atoms with Crippen molar-refractivity contribution in [3.63, 3.8) is 0 Å². The summed E-state index contributed by atoms with van der Waals surface area (Å²) in [6.07, 6.45) is 4.42. The number of nitriles is 1. The number of aromatic nitrogens is 2. The summed E-state index contributed by atoms with van der Waals surface area (Å²) in [7, 11) is 0. The quantitative estimate of drug-likeness (QED) is 0.297. The standard InChI is InChI=1S/C29H29N5O4/c1-18(2)38-26-10-9-21(15-22(26)16-30)29(37)32-23(11-13-35)14-19-5-7-20(8-6-19)25-17-34-12-3-4-24(27(31)36)28(34)33-25/h3-10,12,15,17-18,23,35H,11,13-14H2,1-2H3,(H2,31,36)(H,32,37)/t23-/m1/s1. The van der Waals surface area contributed by atoms with Gasteiger partial charge >= 0.3 is 0 Å². The molecule has 2 amide bonds. The van der Waals surface area contributed by atoms with Gasteiger partial charge in [0.05, 0.1) is 22.9 Å². The van der Waals surface area contributed by atoms with Crippen LogP contribution >= 0.6 is 0 Å². The predicted octanol–water partition coefficient (Wildman–Crippen LogP) is 3.48. The van der Waals surface area contributed by atoms with Crippen molar-refractivity contribution in [3.05, 3.63) is 89.2 Å². The van der Waals surface area contributed by atoms with E-state index in [-0.39, 0.29) is 30.2 Å². The predicted molar refractivity (Wildman–Crippen MR) is 143 cm³/mol. The molecule has 0 spiro atoms. The van der Waals surface area contributed by atoms with Gasteiger partial charge in [0.2, 0.25) is 0 Å². The minimum atomic E-state index is -0.538. The number of aliphatic hydroxyl groups excluding tert-OH is 1. The number of nitrogens with two attached hydrogens (primary N) is 1. The van der Waals surface area contributed by atoms with Gasteiger partial charge in [-0.05, 0) is 62.6 Å². The van der Waals surface area contributed by atoms with Gasteiger partial charge in [0.1, 0.15) is 17.5 Å². The molecule has 9 heteroatoms. The fraction of sp³-hybridized carbons (Fsp3) is 0.241. The normalized spacial score (nSPS) is 11.8. The molecule has 0 fully saturated rings. The van der Waals surface area contributed by atoms with E-state index in [1.807, 2.05) is 44.3 Å². The third kappa shape index (κ3) is 5.99. The number of carbonyl (C=O) groups excluding carboxylic acids is 2. The molecule has 0 radical (unpaired) electrons. The number of nitrogens with zero attached hydrogens (tertiary/aromatic N) is 3. The number of pyridine rings is 1. The van der Waals surface area contributed by atoms with E-state index in [0.29, 0.717) is 41.1 Å². The zero-order chi connectivity index (χ0) is 27.2. The number of hydrogen-bond acceptors (Lipinski definition) is 6. The number of rotatable bonds is 10. The molecule has 0 aliphatic carbocycles. The van der Waals surface area contributed by atoms with Gasteiger partial charge in [-0.25, -0.2) is 4.98 Å². The van der Waals surface area contributed by atoms with Crippen molar-refractivity contribution in [1.29, 1.82) is 5.26 Å². The Morgan fingerprint density at radius 1 is 1.18 bits per heavy atom. The Kier molecular flexibility index (Phi) is 8.04. The van der Waals surface area contributed by atoms with Crippen molar-refractivity contribution in [1.82, 2.24) is 14.7 Å². The van der Waals surface area contributed by atoms with Gasteiger partial charge < -0.3 is 25.3 Å². The third-order valence-corrected chi connectivity index (χ3v) is 6.02. The number of benzene rings is 2. The van der Waals surface area contributed by atoms with Crippen LogP contribution in [0.15, 0.2) is 67.0 Å². The molecule has 0 saturated heterocycles. The lowest BCUT2D eigenvalue weighted by atomic mass is 10.0. The van der Waals surface area contributed by atoms with Gasteiger partial charge in [-0.2, -0.15) is 5.26 Å². The van der Waals surface area contributed by atoms with Gasteiger partial charge in [-0.3, -0.25) is 9.59 Å². The van der Waals surface area contributed by atoms with Crippen molar-refractivity contribution >= 4 is 17.5 Å². The van der Waals surface area contributed by atoms with Crippen molar-refractivity contribution in [3.8, 4) is 23.1 Å². The van der Waals surface area contributed by atoms with E-state index in [1.165, 1.54) is 6.07 Å². The first kappa shape index (κ1) is 26.4. The molecule has 2 aromatic heterocycles. The number of ether oxygens (including phenoxy) is 1. The Bertz CT molecular complexity index is 1500. The summed E-state index contributed by atoms with van der Waals surface area (Å²) in [6.45, 7) is 3.65. The van der Waals surface area contributed by atoms with Crippen molar-refractivity contribution in [2.45, 2.75) is 38.8 Å². The smallest absolute Gasteiger partial charge is 0.252 e. The highest BCUT2D eigenvalue weighted by molar-refractivity contribution is 5.99. The van der Waals surface area contributed by atoms with Crippen LogP contribution in [0.2, 0.25) is 0 Å². The molecule has 2 aromatic carbocycles. The molecule has 0 unspecified atom stereocenters. The second-order valence-corrected chi connectivity index (χ2v) is 9.22. The molecule has 4 rings (SSSR count). The van der Waals surface area contributed by atoms with Crippen molar-refractivity contribution in [2.75, 3.05) is 6.61 Å². The Morgan fingerprint density at radius 3 is 2.61 bits per heavy atom. The average molecular weight is 512 g/mol. The first-order valence-electron chi connectivity index (χ1n) is 12.3. The average Bonchev–Trinajstić information content (AvgIpc) is 3.33. The van der Waals surface area contributed by atoms with Crippen LogP contribution in [0.1, 0.15) is 52.1 Å². The summed E-state index contributed by atoms with van der Waals surface area (Å²) in [5, 5.41) is 22.0. The summed E-state index contributed by atoms with van der Waals surface area (Å²) in [5.74, 6) is -0.436. The number of nitrogens with one attached hydrogen (secondary N) is 1. The molecular formula is C29H29N5O4. The van der Waals surface area contributed by atoms with Gasteiger partial charge in [-0.1, -0.05) is 24.3 Å². The van der Waals surface area contributed by atoms with Gasteiger partial charge in [0.15, 0.2) is 0 Å². The molecular weight excluding hydrogens is 482 g/mol. The van der Waals surface area contributed by atoms with Crippen LogP contribution in [0.3, 0.4) is 0 Å². The molecule has 2 heterocycles. The number of aliphatic hydroxyl groups is 1. The highest BCUT2D eigenvalue weighted by Gasteiger charge is 2.17. The van der Waals surface area contributed by atoms with Crippen LogP contribution in [0, 0.1) is 11.3 Å². The molecule has 1 atom stereocenters. The lowest BCUT2D eigenvalue weighted by molar-refractivity contribution is 0.0929.